The summed E-state index contributed by atoms with van der Waals surface area (Å²) in [4.78, 5) is 0. The molecule has 0 heterocycles. The van der Waals surface area contributed by atoms with Crippen molar-refractivity contribution < 1.29 is 0 Å². The third-order valence-corrected chi connectivity index (χ3v) is 24.1. The van der Waals surface area contributed by atoms with Crippen molar-refractivity contribution >= 4 is 108 Å². The Labute approximate surface area is 617 Å². The van der Waals surface area contributed by atoms with Gasteiger partial charge in [0, 0.05) is 10.8 Å². The molecule has 0 fully saturated rings. The molecule has 0 amide bonds. The summed E-state index contributed by atoms with van der Waals surface area (Å²) in [6.45, 7) is 9.59. The van der Waals surface area contributed by atoms with Crippen LogP contribution in [0, 0.1) is 0 Å². The van der Waals surface area contributed by atoms with E-state index >= 15 is 0 Å². The van der Waals surface area contributed by atoms with Crippen LogP contribution in [0.3, 0.4) is 0 Å². The second-order valence-electron chi connectivity index (χ2n) is 30.5. The Bertz CT molecular complexity index is 7130. The van der Waals surface area contributed by atoms with Crippen LogP contribution in [0.5, 0.6) is 0 Å². The maximum Gasteiger partial charge on any atom is 0.0159 e. The number of hydrogen-bond acceptors (Lipinski definition) is 0. The van der Waals surface area contributed by atoms with E-state index in [0.717, 1.165) is 0 Å². The molecule has 20 aromatic rings. The summed E-state index contributed by atoms with van der Waals surface area (Å²) in [5, 5.41) is 25.8. The van der Waals surface area contributed by atoms with Gasteiger partial charge < -0.3 is 0 Å². The minimum Gasteiger partial charge on any atom is -0.0616 e. The first-order chi connectivity index (χ1) is 52.1. The second-order valence-corrected chi connectivity index (χ2v) is 30.5. The van der Waals surface area contributed by atoms with E-state index in [0.29, 0.717) is 0 Å². The molecular weight excluding hydrogens is 1270 g/mol. The molecule has 0 heteroatoms. The highest BCUT2D eigenvalue weighted by molar-refractivity contribution is 6.18. The van der Waals surface area contributed by atoms with Gasteiger partial charge in [-0.1, -0.05) is 331 Å². The standard InChI is InChI=1S/2C53H36/c1-53(2)51-31-37(23-26-47(51)48-27-24-38(32-52(48)53)50-30-35-13-4-6-16-41(35)44-18-8-10-20-46(44)50)39-21-11-14-33-28-36(22-25-42(33)39)49-29-34-12-3-5-15-40(34)43-17-7-9-19-45(43)49;1-53(2)51-31-37(24-26-46(51)47-27-25-38(32-52(47)53)50-29-35-13-4-6-16-40(35)43-18-8-10-20-45(43)50)41-21-11-14-33-22-23-36(30-48(33)41)49-28-34-12-3-5-15-39(34)42-17-7-9-19-44(42)49/h2*3-32H,1-2H3. The number of hydrogen-bond donors (Lipinski definition) is 0. The van der Waals surface area contributed by atoms with E-state index in [4.69, 9.17) is 0 Å². The van der Waals surface area contributed by atoms with Gasteiger partial charge in [0.05, 0.1) is 0 Å². The van der Waals surface area contributed by atoms with Gasteiger partial charge in [0.25, 0.3) is 0 Å². The molecule has 0 bridgehead atoms. The summed E-state index contributed by atoms with van der Waals surface area (Å²) < 4.78 is 0. The van der Waals surface area contributed by atoms with Crippen LogP contribution in [-0.4, -0.2) is 0 Å². The monoisotopic (exact) mass is 1340 g/mol. The summed E-state index contributed by atoms with van der Waals surface area (Å²) in [6, 6.07) is 136. The summed E-state index contributed by atoms with van der Waals surface area (Å²) in [6.07, 6.45) is 0. The van der Waals surface area contributed by atoms with Crippen molar-refractivity contribution in [1.82, 2.24) is 0 Å². The summed E-state index contributed by atoms with van der Waals surface area (Å²) in [5.74, 6) is 0. The fourth-order valence-corrected chi connectivity index (χ4v) is 18.7. The summed E-state index contributed by atoms with van der Waals surface area (Å²) >= 11 is 0. The van der Waals surface area contributed by atoms with Crippen LogP contribution < -0.4 is 0 Å². The Morgan fingerprint density at radius 1 is 0.132 bits per heavy atom. The molecule has 2 aliphatic carbocycles. The molecule has 0 spiro atoms. The maximum absolute atomic E-state index is 2.47. The van der Waals surface area contributed by atoms with Gasteiger partial charge in [-0.05, 0) is 280 Å². The molecule has 0 saturated heterocycles. The summed E-state index contributed by atoms with van der Waals surface area (Å²) in [7, 11) is 0. The van der Waals surface area contributed by atoms with Crippen LogP contribution in [0.4, 0.5) is 0 Å². The van der Waals surface area contributed by atoms with Gasteiger partial charge in [0.1, 0.15) is 0 Å². The maximum atomic E-state index is 2.47. The molecule has 0 nitrogen and oxygen atoms in total. The van der Waals surface area contributed by atoms with Gasteiger partial charge >= 0.3 is 0 Å². The quantitative estimate of drug-likeness (QED) is 0.146. The lowest BCUT2D eigenvalue weighted by Gasteiger charge is -2.23. The lowest BCUT2D eigenvalue weighted by molar-refractivity contribution is 0.660. The van der Waals surface area contributed by atoms with Crippen LogP contribution >= 0.6 is 0 Å². The van der Waals surface area contributed by atoms with E-state index in [2.05, 4.69) is 392 Å². The molecule has 22 rings (SSSR count). The van der Waals surface area contributed by atoms with Crippen LogP contribution in [0.2, 0.25) is 0 Å². The average molecular weight is 1350 g/mol. The molecule has 0 N–H and O–H groups in total. The Balaban J connectivity index is 0.000000136. The molecule has 0 atom stereocenters. The number of fused-ring (bicyclic) bond motifs is 20. The van der Waals surface area contributed by atoms with Gasteiger partial charge in [-0.25, -0.2) is 0 Å². The van der Waals surface area contributed by atoms with Crippen LogP contribution in [0.15, 0.2) is 364 Å². The highest BCUT2D eigenvalue weighted by Gasteiger charge is 2.38. The van der Waals surface area contributed by atoms with Gasteiger partial charge in [-0.15, -0.1) is 0 Å². The van der Waals surface area contributed by atoms with Crippen molar-refractivity contribution in [2.45, 2.75) is 38.5 Å². The van der Waals surface area contributed by atoms with Crippen LogP contribution in [0.1, 0.15) is 49.9 Å². The second kappa shape index (κ2) is 23.8. The van der Waals surface area contributed by atoms with E-state index in [1.165, 1.54) is 219 Å². The van der Waals surface area contributed by atoms with Crippen LogP contribution in [0.25, 0.3) is 197 Å². The van der Waals surface area contributed by atoms with Gasteiger partial charge in [-0.3, -0.25) is 0 Å². The zero-order chi connectivity index (χ0) is 70.5. The van der Waals surface area contributed by atoms with E-state index in [-0.39, 0.29) is 10.8 Å². The Morgan fingerprint density at radius 2 is 0.377 bits per heavy atom. The highest BCUT2D eigenvalue weighted by Crippen LogP contribution is 2.54. The van der Waals surface area contributed by atoms with E-state index < -0.39 is 0 Å². The number of rotatable bonds is 6. The summed E-state index contributed by atoms with van der Waals surface area (Å²) in [5.41, 5.74) is 25.9. The Morgan fingerprint density at radius 3 is 0.736 bits per heavy atom. The topological polar surface area (TPSA) is 0 Å². The minimum atomic E-state index is -0.150. The van der Waals surface area contributed by atoms with Crippen molar-refractivity contribution in [1.29, 1.82) is 0 Å². The minimum absolute atomic E-state index is 0.141. The molecule has 20 aromatic carbocycles. The van der Waals surface area contributed by atoms with E-state index in [9.17, 15) is 0 Å². The Hall–Kier alpha value is -13.0. The molecular formula is C106H72. The third-order valence-electron chi connectivity index (χ3n) is 24.1. The normalized spacial score (nSPS) is 13.2. The molecule has 0 aliphatic heterocycles. The first kappa shape index (κ1) is 61.6. The molecule has 0 saturated carbocycles. The van der Waals surface area contributed by atoms with Crippen molar-refractivity contribution in [3.63, 3.8) is 0 Å². The average Bonchev–Trinajstić information content (AvgIpc) is 1.51. The number of benzene rings is 20. The largest absolute Gasteiger partial charge is 0.0616 e. The highest BCUT2D eigenvalue weighted by atomic mass is 14.4. The predicted molar refractivity (Wildman–Crippen MR) is 456 cm³/mol. The lowest BCUT2D eigenvalue weighted by Crippen LogP contribution is -2.15. The van der Waals surface area contributed by atoms with E-state index in [1.807, 2.05) is 0 Å². The molecule has 0 radical (unpaired) electrons. The molecule has 0 unspecified atom stereocenters. The molecule has 496 valence electrons. The van der Waals surface area contributed by atoms with Crippen molar-refractivity contribution in [3.8, 4) is 89.0 Å². The molecule has 106 heavy (non-hydrogen) atoms. The fourth-order valence-electron chi connectivity index (χ4n) is 18.7. The molecule has 0 aromatic heterocycles. The SMILES string of the molecule is CC1(C)c2cc(-c3cccc4cc(-c5cc6ccccc6c6ccccc56)ccc34)ccc2-c2ccc(-c3cc4ccccc4c4ccccc34)cc21.CC1(C)c2cc(-c3cccc4ccc(-c5cc6ccccc6c6ccccc56)cc34)ccc2-c2ccc(-c3cc4ccccc4c4ccccc34)cc21. The van der Waals surface area contributed by atoms with Gasteiger partial charge in [0.2, 0.25) is 0 Å². The molecule has 2 aliphatic rings. The fraction of sp³-hybridized carbons (Fsp3) is 0.0566. The van der Waals surface area contributed by atoms with Crippen LogP contribution in [-0.2, 0) is 10.8 Å². The first-order valence-corrected chi connectivity index (χ1v) is 37.3. The van der Waals surface area contributed by atoms with Crippen molar-refractivity contribution in [2.75, 3.05) is 0 Å². The zero-order valence-corrected chi connectivity index (χ0v) is 59.6. The van der Waals surface area contributed by atoms with Gasteiger partial charge in [-0.2, -0.15) is 0 Å². The van der Waals surface area contributed by atoms with E-state index in [1.54, 1.807) is 0 Å². The third kappa shape index (κ3) is 9.61. The van der Waals surface area contributed by atoms with Crippen molar-refractivity contribution in [3.05, 3.63) is 386 Å². The van der Waals surface area contributed by atoms with Crippen molar-refractivity contribution in [2.24, 2.45) is 0 Å². The predicted octanol–water partition coefficient (Wildman–Crippen LogP) is 29.5. The first-order valence-electron chi connectivity index (χ1n) is 37.3. The zero-order valence-electron chi connectivity index (χ0n) is 59.6. The van der Waals surface area contributed by atoms with Gasteiger partial charge in [0.15, 0.2) is 0 Å². The smallest absolute Gasteiger partial charge is 0.0159 e. The Kier molecular flexibility index (Phi) is 13.8. The lowest BCUT2D eigenvalue weighted by atomic mass is 9.80.